The molecule has 0 aliphatic carbocycles. The number of fused-ring (bicyclic) bond motifs is 1. The molecule has 0 spiro atoms. The Morgan fingerprint density at radius 2 is 2.00 bits per heavy atom. The van der Waals surface area contributed by atoms with Gasteiger partial charge in [-0.25, -0.2) is 14.4 Å². The zero-order valence-corrected chi connectivity index (χ0v) is 15.0. The first-order chi connectivity index (χ1) is 12.7. The Morgan fingerprint density at radius 3 is 2.63 bits per heavy atom. The third kappa shape index (κ3) is 3.97. The van der Waals surface area contributed by atoms with E-state index in [0.29, 0.717) is 6.54 Å². The molecule has 0 N–H and O–H groups in total. The molecule has 3 rings (SSSR count). The predicted octanol–water partition coefficient (Wildman–Crippen LogP) is 4.28. The van der Waals surface area contributed by atoms with Crippen molar-refractivity contribution < 1.29 is 17.6 Å². The minimum absolute atomic E-state index is 0.0618. The fraction of sp³-hybridized carbons (Fsp3) is 0.353. The predicted molar refractivity (Wildman–Crippen MR) is 92.8 cm³/mol. The van der Waals surface area contributed by atoms with Crippen molar-refractivity contribution in [1.29, 1.82) is 0 Å². The zero-order valence-electron chi connectivity index (χ0n) is 14.2. The molecule has 27 heavy (non-hydrogen) atoms. The van der Waals surface area contributed by atoms with Gasteiger partial charge >= 0.3 is 6.18 Å². The molecule has 0 amide bonds. The normalized spacial score (nSPS) is 12.1. The third-order valence-corrected chi connectivity index (χ3v) is 4.38. The average Bonchev–Trinajstić information content (AvgIpc) is 3.00. The van der Waals surface area contributed by atoms with Crippen LogP contribution in [0.4, 0.5) is 17.6 Å². The molecule has 0 fully saturated rings. The van der Waals surface area contributed by atoms with E-state index in [2.05, 4.69) is 9.97 Å². The Bertz CT molecular complexity index is 1040. The molecule has 3 aromatic rings. The van der Waals surface area contributed by atoms with Crippen molar-refractivity contribution in [2.45, 2.75) is 38.9 Å². The first-order valence-electron chi connectivity index (χ1n) is 8.20. The maximum atomic E-state index is 13.9. The first kappa shape index (κ1) is 19.3. The topological polar surface area (TPSA) is 52.7 Å². The quantitative estimate of drug-likeness (QED) is 0.598. The molecule has 2 aromatic heterocycles. The lowest BCUT2D eigenvalue weighted by Crippen LogP contribution is -2.25. The van der Waals surface area contributed by atoms with Crippen molar-refractivity contribution in [3.63, 3.8) is 0 Å². The number of hydrogen-bond donors (Lipinski definition) is 0. The van der Waals surface area contributed by atoms with Crippen LogP contribution in [-0.2, 0) is 13.0 Å². The lowest BCUT2D eigenvalue weighted by Gasteiger charge is -2.14. The van der Waals surface area contributed by atoms with Gasteiger partial charge in [0, 0.05) is 19.4 Å². The molecule has 2 heterocycles. The summed E-state index contributed by atoms with van der Waals surface area (Å²) < 4.78 is 54.1. The fourth-order valence-electron chi connectivity index (χ4n) is 2.78. The fourth-order valence-corrected chi connectivity index (χ4v) is 2.89. The molecule has 1 aromatic carbocycles. The number of halogens is 5. The molecule has 0 unspecified atom stereocenters. The van der Waals surface area contributed by atoms with Crippen LogP contribution in [0.2, 0.25) is 5.02 Å². The number of hydrogen-bond acceptors (Lipinski definition) is 3. The number of benzene rings is 1. The van der Waals surface area contributed by atoms with Gasteiger partial charge in [-0.2, -0.15) is 13.2 Å². The van der Waals surface area contributed by atoms with Crippen LogP contribution in [0.1, 0.15) is 25.6 Å². The Labute approximate surface area is 156 Å². The lowest BCUT2D eigenvalue weighted by atomic mass is 10.2. The van der Waals surface area contributed by atoms with E-state index >= 15 is 0 Å². The Balaban J connectivity index is 2.16. The summed E-state index contributed by atoms with van der Waals surface area (Å²) in [5, 5.41) is -0.130. The van der Waals surface area contributed by atoms with Gasteiger partial charge in [-0.15, -0.1) is 0 Å². The summed E-state index contributed by atoms with van der Waals surface area (Å²) in [6.45, 7) is 2.32. The summed E-state index contributed by atoms with van der Waals surface area (Å²) in [5.41, 5.74) is -0.0951. The molecule has 0 atom stereocenters. The summed E-state index contributed by atoms with van der Waals surface area (Å²) in [7, 11) is 0. The summed E-state index contributed by atoms with van der Waals surface area (Å²) in [4.78, 5) is 21.3. The van der Waals surface area contributed by atoms with Gasteiger partial charge in [0.25, 0.3) is 5.56 Å². The molecular formula is C17H15ClF4N4O. The molecule has 144 valence electrons. The Kier molecular flexibility index (Phi) is 5.23. The van der Waals surface area contributed by atoms with E-state index in [-0.39, 0.29) is 40.5 Å². The van der Waals surface area contributed by atoms with Gasteiger partial charge < -0.3 is 4.57 Å². The van der Waals surface area contributed by atoms with Crippen LogP contribution in [-0.4, -0.2) is 25.3 Å². The monoisotopic (exact) mass is 402 g/mol. The molecular weight excluding hydrogens is 388 g/mol. The molecule has 10 heteroatoms. The van der Waals surface area contributed by atoms with Gasteiger partial charge in [-0.05, 0) is 31.5 Å². The number of aromatic nitrogens is 4. The second kappa shape index (κ2) is 7.30. The highest BCUT2D eigenvalue weighted by Gasteiger charge is 2.27. The van der Waals surface area contributed by atoms with Crippen LogP contribution in [0, 0.1) is 5.82 Å². The van der Waals surface area contributed by atoms with Gasteiger partial charge in [0.05, 0.1) is 17.0 Å². The van der Waals surface area contributed by atoms with Crippen molar-refractivity contribution >= 4 is 22.8 Å². The van der Waals surface area contributed by atoms with E-state index in [1.54, 1.807) is 4.57 Å². The zero-order chi connectivity index (χ0) is 19.8. The Hall–Kier alpha value is -2.42. The second-order valence-electron chi connectivity index (χ2n) is 5.94. The van der Waals surface area contributed by atoms with Crippen LogP contribution in [0.3, 0.4) is 0 Å². The minimum atomic E-state index is -4.31. The number of imidazole rings is 1. The molecule has 0 saturated heterocycles. The van der Waals surface area contributed by atoms with Gasteiger partial charge in [0.1, 0.15) is 11.6 Å². The van der Waals surface area contributed by atoms with Crippen LogP contribution in [0.25, 0.3) is 16.9 Å². The highest BCUT2D eigenvalue weighted by molar-refractivity contribution is 6.30. The molecule has 0 aliphatic heterocycles. The molecule has 5 nitrogen and oxygen atoms in total. The smallest absolute Gasteiger partial charge is 0.315 e. The lowest BCUT2D eigenvalue weighted by molar-refractivity contribution is -0.135. The van der Waals surface area contributed by atoms with E-state index in [1.165, 1.54) is 18.5 Å². The minimum Gasteiger partial charge on any atom is -0.315 e. The van der Waals surface area contributed by atoms with Crippen LogP contribution in [0.15, 0.2) is 29.3 Å². The van der Waals surface area contributed by atoms with E-state index < -0.39 is 24.0 Å². The number of nitrogens with zero attached hydrogens (tertiary/aromatic N) is 4. The van der Waals surface area contributed by atoms with E-state index in [1.807, 2.05) is 6.92 Å². The van der Waals surface area contributed by atoms with Crippen molar-refractivity contribution in [1.82, 2.24) is 19.1 Å². The van der Waals surface area contributed by atoms with E-state index in [9.17, 15) is 22.4 Å². The van der Waals surface area contributed by atoms with E-state index in [4.69, 9.17) is 11.6 Å². The van der Waals surface area contributed by atoms with Gasteiger partial charge in [0.15, 0.2) is 11.2 Å². The van der Waals surface area contributed by atoms with Crippen LogP contribution >= 0.6 is 11.6 Å². The maximum absolute atomic E-state index is 13.9. The summed E-state index contributed by atoms with van der Waals surface area (Å²) >= 11 is 5.68. The SMILES string of the molecule is CCn1cnc2c(=O)n(-c3ccc(Cl)c(F)c3)c(CCCC(F)(F)F)nc21. The van der Waals surface area contributed by atoms with Crippen LogP contribution < -0.4 is 5.56 Å². The average molecular weight is 403 g/mol. The molecule has 0 saturated carbocycles. The highest BCUT2D eigenvalue weighted by atomic mass is 35.5. The van der Waals surface area contributed by atoms with Crippen molar-refractivity contribution in [3.8, 4) is 5.69 Å². The van der Waals surface area contributed by atoms with Gasteiger partial charge in [0.2, 0.25) is 0 Å². The van der Waals surface area contributed by atoms with Gasteiger partial charge in [-0.1, -0.05) is 11.6 Å². The van der Waals surface area contributed by atoms with Crippen molar-refractivity contribution in [2.24, 2.45) is 0 Å². The standard InChI is InChI=1S/C17H15ClF4N4O/c1-2-25-9-23-14-15(25)24-13(4-3-7-17(20,21)22)26(16(14)27)10-5-6-11(18)12(19)8-10/h5-6,8-9H,2-4,7H2,1H3. The Morgan fingerprint density at radius 1 is 1.26 bits per heavy atom. The van der Waals surface area contributed by atoms with Gasteiger partial charge in [-0.3, -0.25) is 9.36 Å². The summed E-state index contributed by atoms with van der Waals surface area (Å²) in [6, 6.07) is 3.72. The first-order valence-corrected chi connectivity index (χ1v) is 8.58. The van der Waals surface area contributed by atoms with Crippen LogP contribution in [0.5, 0.6) is 0 Å². The molecule has 0 aliphatic rings. The molecule has 0 radical (unpaired) electrons. The maximum Gasteiger partial charge on any atom is 0.389 e. The molecule has 0 bridgehead atoms. The largest absolute Gasteiger partial charge is 0.389 e. The number of rotatable bonds is 5. The number of alkyl halides is 3. The highest BCUT2D eigenvalue weighted by Crippen LogP contribution is 2.24. The number of aryl methyl sites for hydroxylation is 2. The van der Waals surface area contributed by atoms with E-state index in [0.717, 1.165) is 10.6 Å². The van der Waals surface area contributed by atoms with Crippen molar-refractivity contribution in [3.05, 3.63) is 51.5 Å². The summed E-state index contributed by atoms with van der Waals surface area (Å²) in [5.74, 6) is -0.643. The third-order valence-electron chi connectivity index (χ3n) is 4.07. The van der Waals surface area contributed by atoms with Crippen molar-refractivity contribution in [2.75, 3.05) is 0 Å². The second-order valence-corrected chi connectivity index (χ2v) is 6.35. The summed E-state index contributed by atoms with van der Waals surface area (Å²) in [6.07, 6.45) is -4.25.